The number of ether oxygens (including phenoxy) is 3. The van der Waals surface area contributed by atoms with Gasteiger partial charge in [0.05, 0.1) is 39.8 Å². The smallest absolute Gasteiger partial charge is 0.317 e. The highest BCUT2D eigenvalue weighted by molar-refractivity contribution is 5.80. The van der Waals surface area contributed by atoms with Gasteiger partial charge < -0.3 is 29.3 Å². The molecule has 1 unspecified atom stereocenters. The summed E-state index contributed by atoms with van der Waals surface area (Å²) < 4.78 is 17.3. The molecule has 2 aliphatic rings. The molecule has 32 heavy (non-hydrogen) atoms. The van der Waals surface area contributed by atoms with E-state index < -0.39 is 5.79 Å². The van der Waals surface area contributed by atoms with E-state index in [1.54, 1.807) is 16.9 Å². The van der Waals surface area contributed by atoms with Crippen LogP contribution in [0.1, 0.15) is 11.1 Å². The second-order valence-corrected chi connectivity index (χ2v) is 7.98. The molecular weight excluding hydrogens is 410 g/mol. The maximum absolute atomic E-state index is 13.0. The van der Waals surface area contributed by atoms with Gasteiger partial charge in [0.2, 0.25) is 11.7 Å². The fourth-order valence-corrected chi connectivity index (χ4v) is 4.09. The van der Waals surface area contributed by atoms with Crippen LogP contribution < -0.4 is 10.1 Å². The van der Waals surface area contributed by atoms with E-state index in [-0.39, 0.29) is 31.4 Å². The van der Waals surface area contributed by atoms with Crippen molar-refractivity contribution in [1.82, 2.24) is 15.1 Å². The van der Waals surface area contributed by atoms with Crippen LogP contribution in [-0.4, -0.2) is 74.0 Å². The maximum Gasteiger partial charge on any atom is 0.317 e. The van der Waals surface area contributed by atoms with Gasteiger partial charge in [0.25, 0.3) is 0 Å². The molecular formula is C24H29N3O5. The first-order valence-electron chi connectivity index (χ1n) is 10.8. The van der Waals surface area contributed by atoms with Crippen molar-refractivity contribution in [2.24, 2.45) is 0 Å². The van der Waals surface area contributed by atoms with Crippen LogP contribution in [0.5, 0.6) is 5.75 Å². The molecule has 2 fully saturated rings. The van der Waals surface area contributed by atoms with E-state index in [0.29, 0.717) is 38.6 Å². The second kappa shape index (κ2) is 10.0. The predicted octanol–water partition coefficient (Wildman–Crippen LogP) is 2.03. The second-order valence-electron chi connectivity index (χ2n) is 7.98. The standard InChI is InChI=1S/C24H29N3O5/c1-30-21-10-6-5-9-20(21)15-22(28)26-11-13-31-24(17-26)18-27(12-14-32-24)23(29)25-16-19-7-3-2-4-8-19/h2-10H,11-18H2,1H3,(H,25,29). The molecule has 8 nitrogen and oxygen atoms in total. The summed E-state index contributed by atoms with van der Waals surface area (Å²) >= 11 is 0. The molecule has 8 heteroatoms. The zero-order valence-corrected chi connectivity index (χ0v) is 18.3. The molecule has 1 spiro atoms. The first-order valence-corrected chi connectivity index (χ1v) is 10.8. The van der Waals surface area contributed by atoms with E-state index in [2.05, 4.69) is 5.32 Å². The van der Waals surface area contributed by atoms with E-state index >= 15 is 0 Å². The van der Waals surface area contributed by atoms with Gasteiger partial charge in [-0.3, -0.25) is 4.79 Å². The number of nitrogens with zero attached hydrogens (tertiary/aromatic N) is 2. The lowest BCUT2D eigenvalue weighted by atomic mass is 10.1. The highest BCUT2D eigenvalue weighted by atomic mass is 16.7. The van der Waals surface area contributed by atoms with Crippen LogP contribution in [0.15, 0.2) is 54.6 Å². The number of rotatable bonds is 5. The number of carbonyl (C=O) groups is 2. The quantitative estimate of drug-likeness (QED) is 0.771. The molecule has 0 bridgehead atoms. The molecule has 3 amide bonds. The summed E-state index contributed by atoms with van der Waals surface area (Å²) in [5.41, 5.74) is 1.87. The summed E-state index contributed by atoms with van der Waals surface area (Å²) in [6.07, 6.45) is 0.237. The Kier molecular flexibility index (Phi) is 6.92. The van der Waals surface area contributed by atoms with Crippen molar-refractivity contribution < 1.29 is 23.8 Å². The predicted molar refractivity (Wildman–Crippen MR) is 118 cm³/mol. The van der Waals surface area contributed by atoms with Crippen molar-refractivity contribution in [2.75, 3.05) is 46.5 Å². The Bertz CT molecular complexity index is 934. The Morgan fingerprint density at radius 2 is 1.62 bits per heavy atom. The van der Waals surface area contributed by atoms with E-state index in [1.165, 1.54) is 0 Å². The van der Waals surface area contributed by atoms with Gasteiger partial charge in [0.15, 0.2) is 0 Å². The average molecular weight is 440 g/mol. The fourth-order valence-electron chi connectivity index (χ4n) is 4.09. The minimum Gasteiger partial charge on any atom is -0.496 e. The molecule has 2 aromatic carbocycles. The third-order valence-corrected chi connectivity index (χ3v) is 5.78. The molecule has 0 aliphatic carbocycles. The monoisotopic (exact) mass is 439 g/mol. The van der Waals surface area contributed by atoms with Crippen LogP contribution in [0.2, 0.25) is 0 Å². The molecule has 2 aliphatic heterocycles. The van der Waals surface area contributed by atoms with Crippen molar-refractivity contribution in [1.29, 1.82) is 0 Å². The molecule has 2 heterocycles. The van der Waals surface area contributed by atoms with Crippen molar-refractivity contribution >= 4 is 11.9 Å². The van der Waals surface area contributed by atoms with Crippen LogP contribution >= 0.6 is 0 Å². The average Bonchev–Trinajstić information content (AvgIpc) is 2.83. The highest BCUT2D eigenvalue weighted by Gasteiger charge is 2.44. The fraction of sp³-hybridized carbons (Fsp3) is 0.417. The maximum atomic E-state index is 13.0. The van der Waals surface area contributed by atoms with Crippen LogP contribution in [0.4, 0.5) is 4.79 Å². The molecule has 0 radical (unpaired) electrons. The Hall–Kier alpha value is -3.10. The topological polar surface area (TPSA) is 80.3 Å². The normalized spacial score (nSPS) is 20.8. The van der Waals surface area contributed by atoms with E-state index in [1.807, 2.05) is 54.6 Å². The van der Waals surface area contributed by atoms with Gasteiger partial charge >= 0.3 is 6.03 Å². The van der Waals surface area contributed by atoms with Crippen LogP contribution in [-0.2, 0) is 27.2 Å². The van der Waals surface area contributed by atoms with Crippen molar-refractivity contribution in [3.8, 4) is 5.75 Å². The van der Waals surface area contributed by atoms with Crippen LogP contribution in [0.3, 0.4) is 0 Å². The van der Waals surface area contributed by atoms with E-state index in [4.69, 9.17) is 14.2 Å². The van der Waals surface area contributed by atoms with Gasteiger partial charge in [0.1, 0.15) is 5.75 Å². The molecule has 0 saturated carbocycles. The molecule has 2 saturated heterocycles. The first-order chi connectivity index (χ1) is 15.6. The molecule has 4 rings (SSSR count). The third-order valence-electron chi connectivity index (χ3n) is 5.78. The van der Waals surface area contributed by atoms with E-state index in [0.717, 1.165) is 11.1 Å². The Morgan fingerprint density at radius 1 is 0.969 bits per heavy atom. The van der Waals surface area contributed by atoms with Crippen molar-refractivity contribution in [2.45, 2.75) is 18.8 Å². The minimum absolute atomic E-state index is 0.0218. The molecule has 1 N–H and O–H groups in total. The van der Waals surface area contributed by atoms with Gasteiger partial charge in [-0.15, -0.1) is 0 Å². The van der Waals surface area contributed by atoms with Gasteiger partial charge in [-0.25, -0.2) is 4.79 Å². The number of morpholine rings is 2. The summed E-state index contributed by atoms with van der Waals surface area (Å²) in [6.45, 7) is 2.68. The Morgan fingerprint density at radius 3 is 2.38 bits per heavy atom. The van der Waals surface area contributed by atoms with Crippen LogP contribution in [0.25, 0.3) is 0 Å². The summed E-state index contributed by atoms with van der Waals surface area (Å²) in [7, 11) is 1.60. The van der Waals surface area contributed by atoms with Gasteiger partial charge in [-0.05, 0) is 11.6 Å². The molecule has 0 aromatic heterocycles. The number of benzene rings is 2. The number of urea groups is 1. The summed E-state index contributed by atoms with van der Waals surface area (Å²) in [5, 5.41) is 2.95. The van der Waals surface area contributed by atoms with Crippen molar-refractivity contribution in [3.63, 3.8) is 0 Å². The largest absolute Gasteiger partial charge is 0.496 e. The Balaban J connectivity index is 1.36. The minimum atomic E-state index is -1.00. The lowest BCUT2D eigenvalue weighted by Crippen LogP contribution is -2.64. The molecule has 2 aromatic rings. The van der Waals surface area contributed by atoms with Gasteiger partial charge in [-0.1, -0.05) is 48.5 Å². The number of methoxy groups -OCH3 is 1. The Labute approximate surface area is 188 Å². The third kappa shape index (κ3) is 5.20. The van der Waals surface area contributed by atoms with Gasteiger partial charge in [0, 0.05) is 25.2 Å². The zero-order valence-electron chi connectivity index (χ0n) is 18.3. The van der Waals surface area contributed by atoms with Gasteiger partial charge in [-0.2, -0.15) is 0 Å². The number of para-hydroxylation sites is 1. The highest BCUT2D eigenvalue weighted by Crippen LogP contribution is 2.26. The summed E-state index contributed by atoms with van der Waals surface area (Å²) in [4.78, 5) is 29.2. The summed E-state index contributed by atoms with van der Waals surface area (Å²) in [6, 6.07) is 17.1. The number of hydrogen-bond acceptors (Lipinski definition) is 5. The lowest BCUT2D eigenvalue weighted by Gasteiger charge is -2.47. The number of amides is 3. The SMILES string of the molecule is COc1ccccc1CC(=O)N1CCOC2(C1)CN(C(=O)NCc1ccccc1)CCO2. The number of nitrogens with one attached hydrogen (secondary N) is 1. The number of hydrogen-bond donors (Lipinski definition) is 1. The first kappa shape index (κ1) is 22.1. The zero-order chi connectivity index (χ0) is 22.4. The lowest BCUT2D eigenvalue weighted by molar-refractivity contribution is -0.284. The summed E-state index contributed by atoms with van der Waals surface area (Å²) in [5.74, 6) is -0.331. The number of carbonyl (C=O) groups excluding carboxylic acids is 2. The molecule has 170 valence electrons. The van der Waals surface area contributed by atoms with Crippen molar-refractivity contribution in [3.05, 3.63) is 65.7 Å². The van der Waals surface area contributed by atoms with E-state index in [9.17, 15) is 9.59 Å². The molecule has 1 atom stereocenters. The van der Waals surface area contributed by atoms with Crippen LogP contribution in [0, 0.1) is 0 Å².